The van der Waals surface area contributed by atoms with Crippen LogP contribution in [0.4, 0.5) is 5.69 Å². The first-order valence-electron chi connectivity index (χ1n) is 5.95. The zero-order valence-electron chi connectivity index (χ0n) is 10.7. The summed E-state index contributed by atoms with van der Waals surface area (Å²) in [7, 11) is 1.52. The van der Waals surface area contributed by atoms with Gasteiger partial charge in [0.05, 0.1) is 0 Å². The summed E-state index contributed by atoms with van der Waals surface area (Å²) in [6.07, 6.45) is 3.04. The fourth-order valence-corrected chi connectivity index (χ4v) is 1.92. The summed E-state index contributed by atoms with van der Waals surface area (Å²) < 4.78 is 8.00. The lowest BCUT2D eigenvalue weighted by molar-refractivity contribution is 0.500. The van der Waals surface area contributed by atoms with Gasteiger partial charge in [0.2, 0.25) is 5.89 Å². The van der Waals surface area contributed by atoms with Gasteiger partial charge in [-0.15, -0.1) is 0 Å². The van der Waals surface area contributed by atoms with Crippen molar-refractivity contribution in [2.45, 2.75) is 6.54 Å². The Bertz CT molecular complexity index is 904. The summed E-state index contributed by atoms with van der Waals surface area (Å²) in [6, 6.07) is 5.12. The van der Waals surface area contributed by atoms with Crippen molar-refractivity contribution in [3.05, 3.63) is 57.2 Å². The Balaban J connectivity index is 2.03. The SMILES string of the molecule is Cn1ccn(Cc2nc3cc(N)ccc3o2)c(=O)c1=O. The molecule has 0 radical (unpaired) electrons. The Labute approximate surface area is 112 Å². The van der Waals surface area contributed by atoms with Gasteiger partial charge in [-0.05, 0) is 18.2 Å². The van der Waals surface area contributed by atoms with E-state index in [1.807, 2.05) is 0 Å². The predicted octanol–water partition coefficient (Wildman–Crippen LogP) is 0.319. The van der Waals surface area contributed by atoms with Crippen LogP contribution in [0.25, 0.3) is 11.1 Å². The molecule has 0 bridgehead atoms. The van der Waals surface area contributed by atoms with Crippen LogP contribution in [0.1, 0.15) is 5.89 Å². The molecule has 0 aliphatic rings. The van der Waals surface area contributed by atoms with Crippen molar-refractivity contribution >= 4 is 16.8 Å². The number of hydrogen-bond donors (Lipinski definition) is 1. The normalized spacial score (nSPS) is 11.1. The second kappa shape index (κ2) is 4.37. The molecule has 7 nitrogen and oxygen atoms in total. The molecule has 0 aliphatic heterocycles. The maximum Gasteiger partial charge on any atom is 0.316 e. The minimum Gasteiger partial charge on any atom is -0.439 e. The van der Waals surface area contributed by atoms with Gasteiger partial charge in [0.25, 0.3) is 0 Å². The Kier molecular flexibility index (Phi) is 2.67. The first kappa shape index (κ1) is 12.2. The van der Waals surface area contributed by atoms with Crippen LogP contribution in [0, 0.1) is 0 Å². The quantitative estimate of drug-likeness (QED) is 0.535. The Morgan fingerprint density at radius 1 is 1.25 bits per heavy atom. The van der Waals surface area contributed by atoms with E-state index in [-0.39, 0.29) is 6.54 Å². The smallest absolute Gasteiger partial charge is 0.316 e. The zero-order chi connectivity index (χ0) is 14.3. The molecule has 0 unspecified atom stereocenters. The fraction of sp³-hybridized carbons (Fsp3) is 0.154. The number of anilines is 1. The zero-order valence-corrected chi connectivity index (χ0v) is 10.7. The van der Waals surface area contributed by atoms with Crippen LogP contribution >= 0.6 is 0 Å². The van der Waals surface area contributed by atoms with E-state index < -0.39 is 11.1 Å². The lowest BCUT2D eigenvalue weighted by Gasteiger charge is -2.02. The maximum absolute atomic E-state index is 11.8. The molecule has 0 saturated heterocycles. The number of nitrogens with two attached hydrogens (primary N) is 1. The third kappa shape index (κ3) is 1.99. The molecule has 7 heteroatoms. The Morgan fingerprint density at radius 3 is 2.85 bits per heavy atom. The van der Waals surface area contributed by atoms with Crippen LogP contribution in [0.15, 0.2) is 44.6 Å². The fourth-order valence-electron chi connectivity index (χ4n) is 1.92. The van der Waals surface area contributed by atoms with Crippen molar-refractivity contribution in [3.8, 4) is 0 Å². The number of nitrogens with zero attached hydrogens (tertiary/aromatic N) is 3. The molecule has 2 heterocycles. The summed E-state index contributed by atoms with van der Waals surface area (Å²) in [6.45, 7) is 0.101. The summed E-state index contributed by atoms with van der Waals surface area (Å²) in [5.41, 5.74) is 6.26. The number of fused-ring (bicyclic) bond motifs is 1. The molecule has 102 valence electrons. The van der Waals surface area contributed by atoms with Gasteiger partial charge in [-0.1, -0.05) is 0 Å². The van der Waals surface area contributed by atoms with Crippen LogP contribution in [0.3, 0.4) is 0 Å². The van der Waals surface area contributed by atoms with Gasteiger partial charge < -0.3 is 19.3 Å². The number of nitrogen functional groups attached to an aromatic ring is 1. The summed E-state index contributed by atoms with van der Waals surface area (Å²) in [5.74, 6) is 0.348. The number of oxazole rings is 1. The number of rotatable bonds is 2. The number of benzene rings is 1. The largest absolute Gasteiger partial charge is 0.439 e. The maximum atomic E-state index is 11.8. The molecule has 2 N–H and O–H groups in total. The van der Waals surface area contributed by atoms with Crippen LogP contribution in [-0.2, 0) is 13.6 Å². The molecule has 0 amide bonds. The van der Waals surface area contributed by atoms with Crippen molar-refractivity contribution in [2.24, 2.45) is 7.05 Å². The molecule has 20 heavy (non-hydrogen) atoms. The van der Waals surface area contributed by atoms with Crippen LogP contribution in [0.2, 0.25) is 0 Å². The van der Waals surface area contributed by atoms with Gasteiger partial charge in [-0.2, -0.15) is 0 Å². The van der Waals surface area contributed by atoms with E-state index in [0.29, 0.717) is 22.7 Å². The van der Waals surface area contributed by atoms with Crippen molar-refractivity contribution in [2.75, 3.05) is 5.73 Å². The first-order valence-corrected chi connectivity index (χ1v) is 5.95. The highest BCUT2D eigenvalue weighted by Gasteiger charge is 2.09. The number of aryl methyl sites for hydroxylation is 1. The number of hydrogen-bond acceptors (Lipinski definition) is 5. The lowest BCUT2D eigenvalue weighted by Crippen LogP contribution is -2.39. The van der Waals surface area contributed by atoms with E-state index in [0.717, 1.165) is 0 Å². The van der Waals surface area contributed by atoms with Gasteiger partial charge >= 0.3 is 11.1 Å². The molecule has 0 aliphatic carbocycles. The van der Waals surface area contributed by atoms with Crippen LogP contribution in [-0.4, -0.2) is 14.1 Å². The minimum atomic E-state index is -0.614. The standard InChI is InChI=1S/C13H12N4O3/c1-16-4-5-17(13(19)12(16)18)7-11-15-9-6-8(14)2-3-10(9)20-11/h2-6H,7,14H2,1H3. The average Bonchev–Trinajstić information content (AvgIpc) is 2.81. The molecule has 1 aromatic carbocycles. The third-order valence-electron chi connectivity index (χ3n) is 3.00. The second-order valence-electron chi connectivity index (χ2n) is 4.48. The second-order valence-corrected chi connectivity index (χ2v) is 4.48. The molecule has 0 atom stereocenters. The molecule has 0 spiro atoms. The van der Waals surface area contributed by atoms with Gasteiger partial charge in [0.15, 0.2) is 5.58 Å². The van der Waals surface area contributed by atoms with Crippen molar-refractivity contribution in [3.63, 3.8) is 0 Å². The molecular formula is C13H12N4O3. The van der Waals surface area contributed by atoms with E-state index in [2.05, 4.69) is 4.98 Å². The highest BCUT2D eigenvalue weighted by molar-refractivity contribution is 5.76. The third-order valence-corrected chi connectivity index (χ3v) is 3.00. The van der Waals surface area contributed by atoms with Crippen molar-refractivity contribution in [1.82, 2.24) is 14.1 Å². The molecular weight excluding hydrogens is 260 g/mol. The van der Waals surface area contributed by atoms with E-state index in [9.17, 15) is 9.59 Å². The highest BCUT2D eigenvalue weighted by atomic mass is 16.3. The van der Waals surface area contributed by atoms with E-state index in [1.165, 1.54) is 28.6 Å². The lowest BCUT2D eigenvalue weighted by atomic mass is 10.3. The number of aromatic nitrogens is 3. The topological polar surface area (TPSA) is 96.0 Å². The Hall–Kier alpha value is -2.83. The monoisotopic (exact) mass is 272 g/mol. The van der Waals surface area contributed by atoms with E-state index in [1.54, 1.807) is 18.2 Å². The average molecular weight is 272 g/mol. The Morgan fingerprint density at radius 2 is 2.05 bits per heavy atom. The van der Waals surface area contributed by atoms with Crippen LogP contribution < -0.4 is 16.9 Å². The van der Waals surface area contributed by atoms with E-state index in [4.69, 9.17) is 10.2 Å². The van der Waals surface area contributed by atoms with Crippen molar-refractivity contribution in [1.29, 1.82) is 0 Å². The van der Waals surface area contributed by atoms with Gasteiger partial charge in [-0.3, -0.25) is 9.59 Å². The summed E-state index contributed by atoms with van der Waals surface area (Å²) in [5, 5.41) is 0. The molecule has 0 fully saturated rings. The molecule has 3 rings (SSSR count). The van der Waals surface area contributed by atoms with E-state index >= 15 is 0 Å². The highest BCUT2D eigenvalue weighted by Crippen LogP contribution is 2.18. The molecule has 0 saturated carbocycles. The summed E-state index contributed by atoms with van der Waals surface area (Å²) in [4.78, 5) is 27.6. The van der Waals surface area contributed by atoms with Gasteiger partial charge in [0, 0.05) is 25.1 Å². The van der Waals surface area contributed by atoms with Gasteiger partial charge in [-0.25, -0.2) is 4.98 Å². The van der Waals surface area contributed by atoms with Crippen LogP contribution in [0.5, 0.6) is 0 Å². The molecule has 2 aromatic heterocycles. The first-order chi connectivity index (χ1) is 9.54. The van der Waals surface area contributed by atoms with Crippen molar-refractivity contribution < 1.29 is 4.42 Å². The minimum absolute atomic E-state index is 0.101. The van der Waals surface area contributed by atoms with Gasteiger partial charge in [0.1, 0.15) is 12.1 Å². The summed E-state index contributed by atoms with van der Waals surface area (Å²) >= 11 is 0. The molecule has 3 aromatic rings. The predicted molar refractivity (Wildman–Crippen MR) is 73.5 cm³/mol.